The Balaban J connectivity index is 1.23. The second kappa shape index (κ2) is 9.87. The summed E-state index contributed by atoms with van der Waals surface area (Å²) in [6, 6.07) is 14.4. The molecule has 1 aromatic heterocycles. The number of carbonyl (C=O) groups excluding carboxylic acids is 1. The van der Waals surface area contributed by atoms with E-state index in [1.54, 1.807) is 0 Å². The Morgan fingerprint density at radius 3 is 2.76 bits per heavy atom. The number of aromatic amines is 1. The molecule has 7 nitrogen and oxygen atoms in total. The molecule has 1 saturated heterocycles. The highest BCUT2D eigenvalue weighted by Crippen LogP contribution is 2.38. The maximum atomic E-state index is 13.1. The van der Waals surface area contributed by atoms with Crippen LogP contribution in [0.4, 0.5) is 0 Å². The van der Waals surface area contributed by atoms with Gasteiger partial charge >= 0.3 is 0 Å². The van der Waals surface area contributed by atoms with Crippen molar-refractivity contribution in [1.29, 1.82) is 0 Å². The zero-order valence-corrected chi connectivity index (χ0v) is 19.6. The zero-order chi connectivity index (χ0) is 22.6. The van der Waals surface area contributed by atoms with E-state index in [0.29, 0.717) is 24.1 Å². The Bertz CT molecular complexity index is 1120. The van der Waals surface area contributed by atoms with Crippen LogP contribution in [0, 0.1) is 0 Å². The standard InChI is InChI=1S/C25H28N4O3S/c1-2-17-6-8-18(9-7-17)24-26-25(28-27-24)33-16-23(30)29-12-3-5-20(29)19-10-11-21-22(15-19)32-14-4-13-31-21/h6-11,15,20H,2-5,12-14,16H2,1H3,(H,26,27,28). The van der Waals surface area contributed by atoms with E-state index in [-0.39, 0.29) is 11.9 Å². The van der Waals surface area contributed by atoms with Gasteiger partial charge in [-0.15, -0.1) is 5.10 Å². The Hall–Kier alpha value is -3.00. The molecule has 1 unspecified atom stereocenters. The lowest BCUT2D eigenvalue weighted by Gasteiger charge is -2.25. The number of hydrogen-bond acceptors (Lipinski definition) is 6. The van der Waals surface area contributed by atoms with Gasteiger partial charge in [0.2, 0.25) is 11.1 Å². The maximum Gasteiger partial charge on any atom is 0.233 e. The predicted octanol–water partition coefficient (Wildman–Crippen LogP) is 4.65. The normalized spacial score (nSPS) is 17.7. The fourth-order valence-electron chi connectivity index (χ4n) is 4.35. The second-order valence-corrected chi connectivity index (χ2v) is 9.25. The summed E-state index contributed by atoms with van der Waals surface area (Å²) < 4.78 is 11.6. The van der Waals surface area contributed by atoms with Gasteiger partial charge in [-0.3, -0.25) is 9.89 Å². The first-order valence-corrected chi connectivity index (χ1v) is 12.5. The van der Waals surface area contributed by atoms with Gasteiger partial charge in [-0.05, 0) is 42.5 Å². The number of amides is 1. The molecule has 172 valence electrons. The molecule has 3 aromatic rings. The van der Waals surface area contributed by atoms with Crippen LogP contribution in [0.5, 0.6) is 11.5 Å². The van der Waals surface area contributed by atoms with E-state index in [1.165, 1.54) is 17.3 Å². The number of fused-ring (bicyclic) bond motifs is 1. The van der Waals surface area contributed by atoms with Crippen molar-refractivity contribution < 1.29 is 14.3 Å². The van der Waals surface area contributed by atoms with Crippen molar-refractivity contribution in [3.63, 3.8) is 0 Å². The van der Waals surface area contributed by atoms with Crippen molar-refractivity contribution in [3.05, 3.63) is 53.6 Å². The number of benzene rings is 2. The smallest absolute Gasteiger partial charge is 0.233 e. The first-order chi connectivity index (χ1) is 16.2. The van der Waals surface area contributed by atoms with Gasteiger partial charge in [-0.25, -0.2) is 4.98 Å². The zero-order valence-electron chi connectivity index (χ0n) is 18.8. The summed E-state index contributed by atoms with van der Waals surface area (Å²) in [5.41, 5.74) is 3.38. The molecule has 2 aliphatic heterocycles. The van der Waals surface area contributed by atoms with E-state index in [2.05, 4.69) is 40.3 Å². The van der Waals surface area contributed by atoms with Crippen molar-refractivity contribution in [2.45, 2.75) is 43.8 Å². The number of carbonyl (C=O) groups is 1. The van der Waals surface area contributed by atoms with Crippen LogP contribution in [0.25, 0.3) is 11.4 Å². The second-order valence-electron chi connectivity index (χ2n) is 8.31. The topological polar surface area (TPSA) is 80.3 Å². The van der Waals surface area contributed by atoms with Gasteiger partial charge in [-0.2, -0.15) is 0 Å². The van der Waals surface area contributed by atoms with Crippen LogP contribution in [0.1, 0.15) is 43.4 Å². The van der Waals surface area contributed by atoms with E-state index in [1.807, 2.05) is 29.2 Å². The molecule has 1 fully saturated rings. The molecule has 3 heterocycles. The Morgan fingerprint density at radius 1 is 1.12 bits per heavy atom. The minimum Gasteiger partial charge on any atom is -0.490 e. The van der Waals surface area contributed by atoms with Crippen LogP contribution in [0.15, 0.2) is 47.6 Å². The van der Waals surface area contributed by atoms with E-state index in [9.17, 15) is 4.79 Å². The lowest BCUT2D eigenvalue weighted by atomic mass is 10.0. The van der Waals surface area contributed by atoms with Crippen LogP contribution in [-0.2, 0) is 11.2 Å². The minimum absolute atomic E-state index is 0.0648. The van der Waals surface area contributed by atoms with Crippen molar-refractivity contribution in [3.8, 4) is 22.9 Å². The number of ether oxygens (including phenoxy) is 2. The average molecular weight is 465 g/mol. The Labute approximate surface area is 197 Å². The molecular weight excluding hydrogens is 436 g/mol. The van der Waals surface area contributed by atoms with Gasteiger partial charge in [0.05, 0.1) is 25.0 Å². The van der Waals surface area contributed by atoms with Gasteiger partial charge in [0, 0.05) is 18.5 Å². The molecule has 2 aromatic carbocycles. The summed E-state index contributed by atoms with van der Waals surface area (Å²) in [6.07, 6.45) is 3.83. The molecule has 0 aliphatic carbocycles. The third-order valence-corrected chi connectivity index (χ3v) is 6.99. The summed E-state index contributed by atoms with van der Waals surface area (Å²) in [5, 5.41) is 7.87. The number of nitrogens with zero attached hydrogens (tertiary/aromatic N) is 3. The van der Waals surface area contributed by atoms with Crippen LogP contribution >= 0.6 is 11.8 Å². The van der Waals surface area contributed by atoms with E-state index >= 15 is 0 Å². The molecule has 0 bridgehead atoms. The van der Waals surface area contributed by atoms with Crippen LogP contribution in [0.2, 0.25) is 0 Å². The lowest BCUT2D eigenvalue weighted by Crippen LogP contribution is -2.32. The van der Waals surface area contributed by atoms with Crippen LogP contribution in [0.3, 0.4) is 0 Å². The van der Waals surface area contributed by atoms with Crippen molar-refractivity contribution in [2.75, 3.05) is 25.5 Å². The van der Waals surface area contributed by atoms with E-state index in [4.69, 9.17) is 9.47 Å². The number of aryl methyl sites for hydroxylation is 1. The quantitative estimate of drug-likeness (QED) is 0.535. The monoisotopic (exact) mass is 464 g/mol. The van der Waals surface area contributed by atoms with Crippen molar-refractivity contribution >= 4 is 17.7 Å². The number of hydrogen-bond donors (Lipinski definition) is 1. The molecule has 5 rings (SSSR count). The van der Waals surface area contributed by atoms with Gasteiger partial charge in [0.1, 0.15) is 0 Å². The predicted molar refractivity (Wildman–Crippen MR) is 128 cm³/mol. The third kappa shape index (κ3) is 4.85. The highest BCUT2D eigenvalue weighted by atomic mass is 32.2. The Kier molecular flexibility index (Phi) is 6.53. The first-order valence-electron chi connectivity index (χ1n) is 11.5. The SMILES string of the molecule is CCc1ccc(-c2nc(SCC(=O)N3CCCC3c3ccc4c(c3)OCCCO4)n[nH]2)cc1. The molecule has 2 aliphatic rings. The number of thioether (sulfide) groups is 1. The molecule has 1 atom stereocenters. The molecule has 8 heteroatoms. The van der Waals surface area contributed by atoms with Gasteiger partial charge < -0.3 is 14.4 Å². The summed E-state index contributed by atoms with van der Waals surface area (Å²) in [6.45, 7) is 4.23. The third-order valence-electron chi connectivity index (χ3n) is 6.15. The number of H-pyrrole nitrogens is 1. The first kappa shape index (κ1) is 21.8. The molecule has 33 heavy (non-hydrogen) atoms. The molecule has 1 N–H and O–H groups in total. The van der Waals surface area contributed by atoms with E-state index in [0.717, 1.165) is 60.7 Å². The molecular formula is C25H28N4O3S. The maximum absolute atomic E-state index is 13.1. The molecule has 1 amide bonds. The van der Waals surface area contributed by atoms with Crippen LogP contribution in [-0.4, -0.2) is 51.5 Å². The number of nitrogens with one attached hydrogen (secondary N) is 1. The van der Waals surface area contributed by atoms with Crippen molar-refractivity contribution in [1.82, 2.24) is 20.1 Å². The minimum atomic E-state index is 0.0648. The van der Waals surface area contributed by atoms with Gasteiger partial charge in [0.25, 0.3) is 0 Å². The summed E-state index contributed by atoms with van der Waals surface area (Å²) >= 11 is 1.37. The highest BCUT2D eigenvalue weighted by Gasteiger charge is 2.31. The summed E-state index contributed by atoms with van der Waals surface area (Å²) in [7, 11) is 0. The molecule has 0 spiro atoms. The Morgan fingerprint density at radius 2 is 1.94 bits per heavy atom. The molecule has 0 saturated carbocycles. The lowest BCUT2D eigenvalue weighted by molar-refractivity contribution is -0.129. The van der Waals surface area contributed by atoms with E-state index < -0.39 is 0 Å². The average Bonchev–Trinajstić information content (AvgIpc) is 3.48. The summed E-state index contributed by atoms with van der Waals surface area (Å²) in [4.78, 5) is 19.6. The number of aromatic nitrogens is 3. The molecule has 0 radical (unpaired) electrons. The number of likely N-dealkylation sites (tertiary alicyclic amines) is 1. The van der Waals surface area contributed by atoms with Gasteiger partial charge in [0.15, 0.2) is 17.3 Å². The largest absolute Gasteiger partial charge is 0.490 e. The summed E-state index contributed by atoms with van der Waals surface area (Å²) in [5.74, 6) is 2.70. The fraction of sp³-hybridized carbons (Fsp3) is 0.400. The fourth-order valence-corrected chi connectivity index (χ4v) is 5.03. The highest BCUT2D eigenvalue weighted by molar-refractivity contribution is 7.99. The number of rotatable bonds is 6. The van der Waals surface area contributed by atoms with Gasteiger partial charge in [-0.1, -0.05) is 49.0 Å². The van der Waals surface area contributed by atoms with Crippen molar-refractivity contribution in [2.24, 2.45) is 0 Å². The van der Waals surface area contributed by atoms with Crippen LogP contribution < -0.4 is 9.47 Å².